The van der Waals surface area contributed by atoms with E-state index >= 15 is 0 Å². The van der Waals surface area contributed by atoms with Crippen molar-refractivity contribution in [1.29, 1.82) is 0 Å². The molecule has 0 amide bonds. The molecule has 1 aromatic rings. The first kappa shape index (κ1) is 14.8. The molecule has 0 bridgehead atoms. The summed E-state index contributed by atoms with van der Waals surface area (Å²) in [5, 5.41) is 0.795. The third kappa shape index (κ3) is 3.31. The van der Waals surface area contributed by atoms with Crippen molar-refractivity contribution in [2.75, 3.05) is 13.1 Å². The van der Waals surface area contributed by atoms with E-state index in [4.69, 9.17) is 17.3 Å². The molecule has 1 aromatic carbocycles. The summed E-state index contributed by atoms with van der Waals surface area (Å²) in [4.78, 5) is 2.57. The molecular weight excluding hydrogens is 256 g/mol. The van der Waals surface area contributed by atoms with Crippen LogP contribution in [0, 0.1) is 0 Å². The summed E-state index contributed by atoms with van der Waals surface area (Å²) in [7, 11) is 0. The van der Waals surface area contributed by atoms with Gasteiger partial charge in [0, 0.05) is 16.6 Å². The van der Waals surface area contributed by atoms with Crippen LogP contribution in [0.3, 0.4) is 0 Å². The maximum Gasteiger partial charge on any atom is 0.0408 e. The van der Waals surface area contributed by atoms with E-state index in [9.17, 15) is 0 Å². The molecule has 0 aliphatic carbocycles. The molecule has 1 heterocycles. The van der Waals surface area contributed by atoms with E-state index in [0.29, 0.717) is 0 Å². The number of halogens is 1. The summed E-state index contributed by atoms with van der Waals surface area (Å²) in [6.07, 6.45) is 4.59. The molecule has 1 aliphatic heterocycles. The molecule has 0 spiro atoms. The molecule has 0 saturated carbocycles. The monoisotopic (exact) mass is 280 g/mol. The normalized spacial score (nSPS) is 21.3. The van der Waals surface area contributed by atoms with E-state index in [2.05, 4.69) is 24.8 Å². The first-order valence-corrected chi connectivity index (χ1v) is 7.69. The summed E-state index contributed by atoms with van der Waals surface area (Å²) < 4.78 is 0. The van der Waals surface area contributed by atoms with Crippen LogP contribution in [0.4, 0.5) is 0 Å². The summed E-state index contributed by atoms with van der Waals surface area (Å²) in [5.41, 5.74) is 7.87. The number of hydrogen-bond acceptors (Lipinski definition) is 2. The largest absolute Gasteiger partial charge is 0.326 e. The lowest BCUT2D eigenvalue weighted by Gasteiger charge is -2.43. The number of rotatable bonds is 5. The van der Waals surface area contributed by atoms with Crippen molar-refractivity contribution in [3.05, 3.63) is 34.9 Å². The molecule has 3 heteroatoms. The maximum atomic E-state index is 6.54. The topological polar surface area (TPSA) is 29.3 Å². The average Bonchev–Trinajstić information content (AvgIpc) is 2.92. The number of likely N-dealkylation sites (tertiary alicyclic amines) is 1. The van der Waals surface area contributed by atoms with Crippen molar-refractivity contribution in [2.24, 2.45) is 5.73 Å². The van der Waals surface area contributed by atoms with Gasteiger partial charge in [0.2, 0.25) is 0 Å². The predicted octanol–water partition coefficient (Wildman–Crippen LogP) is 3.47. The summed E-state index contributed by atoms with van der Waals surface area (Å²) in [6.45, 7) is 6.94. The minimum atomic E-state index is 0.0960. The lowest BCUT2D eigenvalue weighted by molar-refractivity contribution is 0.0999. The number of benzene rings is 1. The second kappa shape index (κ2) is 6.25. The molecule has 2 nitrogen and oxygen atoms in total. The molecule has 0 aromatic heterocycles. The fourth-order valence-corrected chi connectivity index (χ4v) is 3.30. The SMILES string of the molecule is CCC(C)(C(N)Cc1cccc(Cl)c1)N1CCCC1. The zero-order valence-corrected chi connectivity index (χ0v) is 12.8. The quantitative estimate of drug-likeness (QED) is 0.895. The van der Waals surface area contributed by atoms with E-state index in [1.54, 1.807) is 0 Å². The van der Waals surface area contributed by atoms with Gasteiger partial charge in [-0.1, -0.05) is 30.7 Å². The van der Waals surface area contributed by atoms with Crippen molar-refractivity contribution >= 4 is 11.6 Å². The van der Waals surface area contributed by atoms with Gasteiger partial charge >= 0.3 is 0 Å². The Morgan fingerprint density at radius 1 is 1.37 bits per heavy atom. The Hall–Kier alpha value is -0.570. The van der Waals surface area contributed by atoms with Gasteiger partial charge in [-0.3, -0.25) is 4.90 Å². The molecule has 19 heavy (non-hydrogen) atoms. The van der Waals surface area contributed by atoms with Crippen molar-refractivity contribution in [2.45, 2.75) is 51.1 Å². The van der Waals surface area contributed by atoms with Gasteiger partial charge < -0.3 is 5.73 Å². The second-order valence-electron chi connectivity index (χ2n) is 5.85. The Bertz CT molecular complexity index is 415. The zero-order chi connectivity index (χ0) is 13.9. The molecule has 2 N–H and O–H groups in total. The van der Waals surface area contributed by atoms with E-state index in [1.165, 1.54) is 31.5 Å². The van der Waals surface area contributed by atoms with Crippen LogP contribution >= 0.6 is 11.6 Å². The standard InChI is InChI=1S/C16H25ClN2/c1-3-16(2,19-9-4-5-10-19)15(18)12-13-7-6-8-14(17)11-13/h6-8,11,15H,3-5,9-10,12,18H2,1-2H3. The second-order valence-corrected chi connectivity index (χ2v) is 6.28. The van der Waals surface area contributed by atoms with Gasteiger partial charge in [-0.2, -0.15) is 0 Å². The van der Waals surface area contributed by atoms with Crippen molar-refractivity contribution in [1.82, 2.24) is 4.90 Å². The Balaban J connectivity index is 2.09. The lowest BCUT2D eigenvalue weighted by atomic mass is 9.84. The summed E-state index contributed by atoms with van der Waals surface area (Å²) in [5.74, 6) is 0. The van der Waals surface area contributed by atoms with Gasteiger partial charge in [0.25, 0.3) is 0 Å². The van der Waals surface area contributed by atoms with E-state index in [-0.39, 0.29) is 11.6 Å². The van der Waals surface area contributed by atoms with Gasteiger partial charge in [-0.25, -0.2) is 0 Å². The van der Waals surface area contributed by atoms with Crippen LogP contribution in [0.1, 0.15) is 38.7 Å². The van der Waals surface area contributed by atoms with Gasteiger partial charge in [0.15, 0.2) is 0 Å². The fraction of sp³-hybridized carbons (Fsp3) is 0.625. The molecule has 1 fully saturated rings. The molecule has 2 unspecified atom stereocenters. The lowest BCUT2D eigenvalue weighted by Crippen LogP contribution is -2.57. The maximum absolute atomic E-state index is 6.54. The van der Waals surface area contributed by atoms with Crippen LogP contribution in [0.25, 0.3) is 0 Å². The van der Waals surface area contributed by atoms with Crippen molar-refractivity contribution in [3.8, 4) is 0 Å². The third-order valence-electron chi connectivity index (χ3n) is 4.69. The smallest absolute Gasteiger partial charge is 0.0408 e. The Morgan fingerprint density at radius 2 is 2.05 bits per heavy atom. The van der Waals surface area contributed by atoms with E-state index in [1.807, 2.05) is 18.2 Å². The highest BCUT2D eigenvalue weighted by molar-refractivity contribution is 6.30. The van der Waals surface area contributed by atoms with Crippen LogP contribution in [0.2, 0.25) is 5.02 Å². The molecule has 2 rings (SSSR count). The number of hydrogen-bond donors (Lipinski definition) is 1. The highest BCUT2D eigenvalue weighted by Crippen LogP contribution is 2.29. The Kier molecular flexibility index (Phi) is 4.88. The molecular formula is C16H25ClN2. The Labute approximate surface area is 121 Å². The number of nitrogens with two attached hydrogens (primary N) is 1. The van der Waals surface area contributed by atoms with Gasteiger partial charge in [0.1, 0.15) is 0 Å². The van der Waals surface area contributed by atoms with Crippen molar-refractivity contribution in [3.63, 3.8) is 0 Å². The molecule has 1 saturated heterocycles. The zero-order valence-electron chi connectivity index (χ0n) is 12.0. The summed E-state index contributed by atoms with van der Waals surface area (Å²) >= 11 is 6.05. The highest BCUT2D eigenvalue weighted by atomic mass is 35.5. The molecule has 1 aliphatic rings. The number of nitrogens with zero attached hydrogens (tertiary/aromatic N) is 1. The van der Waals surface area contributed by atoms with Crippen LogP contribution in [0.5, 0.6) is 0 Å². The van der Waals surface area contributed by atoms with Crippen LogP contribution in [-0.4, -0.2) is 29.6 Å². The third-order valence-corrected chi connectivity index (χ3v) is 4.92. The van der Waals surface area contributed by atoms with Gasteiger partial charge in [-0.05, 0) is 63.4 Å². The van der Waals surface area contributed by atoms with Crippen molar-refractivity contribution < 1.29 is 0 Å². The minimum Gasteiger partial charge on any atom is -0.326 e. The van der Waals surface area contributed by atoms with Crippen LogP contribution in [-0.2, 0) is 6.42 Å². The van der Waals surface area contributed by atoms with Crippen LogP contribution < -0.4 is 5.73 Å². The van der Waals surface area contributed by atoms with Gasteiger partial charge in [-0.15, -0.1) is 0 Å². The molecule has 106 valence electrons. The highest BCUT2D eigenvalue weighted by Gasteiger charge is 2.37. The van der Waals surface area contributed by atoms with E-state index < -0.39 is 0 Å². The first-order valence-electron chi connectivity index (χ1n) is 7.31. The predicted molar refractivity (Wildman–Crippen MR) is 82.6 cm³/mol. The Morgan fingerprint density at radius 3 is 2.63 bits per heavy atom. The van der Waals surface area contributed by atoms with Crippen LogP contribution in [0.15, 0.2) is 24.3 Å². The first-order chi connectivity index (χ1) is 9.06. The van der Waals surface area contributed by atoms with E-state index in [0.717, 1.165) is 17.9 Å². The molecule has 2 atom stereocenters. The summed E-state index contributed by atoms with van der Waals surface area (Å²) in [6, 6.07) is 8.21. The minimum absolute atomic E-state index is 0.0960. The molecule has 0 radical (unpaired) electrons. The fourth-order valence-electron chi connectivity index (χ4n) is 3.09. The van der Waals surface area contributed by atoms with Gasteiger partial charge in [0.05, 0.1) is 0 Å². The average molecular weight is 281 g/mol.